The molecule has 0 aliphatic carbocycles. The Labute approximate surface area is 115 Å². The number of benzene rings is 1. The van der Waals surface area contributed by atoms with E-state index in [9.17, 15) is 13.6 Å². The monoisotopic (exact) mass is 292 g/mol. The predicted octanol–water partition coefficient (Wildman–Crippen LogP) is 4.09. The first-order chi connectivity index (χ1) is 8.86. The first kappa shape index (κ1) is 15.7. The van der Waals surface area contributed by atoms with Gasteiger partial charge in [0, 0.05) is 18.4 Å². The summed E-state index contributed by atoms with van der Waals surface area (Å²) in [4.78, 5) is 10.3. The number of unbranched alkanes of at least 4 members (excludes halogenated alkanes) is 1. The summed E-state index contributed by atoms with van der Waals surface area (Å²) in [6.45, 7) is 0. The smallest absolute Gasteiger partial charge is 0.303 e. The largest absolute Gasteiger partial charge is 0.495 e. The number of carboxylic acid groups (broad SMARTS) is 1. The van der Waals surface area contributed by atoms with E-state index >= 15 is 0 Å². The number of alkyl halides is 2. The lowest BCUT2D eigenvalue weighted by atomic mass is 10.0. The molecule has 1 aromatic rings. The Balaban J connectivity index is 2.66. The minimum Gasteiger partial charge on any atom is -0.495 e. The summed E-state index contributed by atoms with van der Waals surface area (Å²) >= 11 is 5.80. The first-order valence-electron chi connectivity index (χ1n) is 5.80. The summed E-state index contributed by atoms with van der Waals surface area (Å²) in [7, 11) is 1.41. The van der Waals surface area contributed by atoms with Gasteiger partial charge in [-0.3, -0.25) is 4.79 Å². The third-order valence-electron chi connectivity index (χ3n) is 2.71. The summed E-state index contributed by atoms with van der Waals surface area (Å²) in [5.74, 6) is -3.66. The summed E-state index contributed by atoms with van der Waals surface area (Å²) in [6.07, 6.45) is -0.125. The Morgan fingerprint density at radius 3 is 2.63 bits per heavy atom. The molecule has 0 atom stereocenters. The zero-order chi connectivity index (χ0) is 14.5. The molecule has 3 nitrogen and oxygen atoms in total. The van der Waals surface area contributed by atoms with Gasteiger partial charge in [0.1, 0.15) is 5.75 Å². The molecule has 19 heavy (non-hydrogen) atoms. The van der Waals surface area contributed by atoms with Gasteiger partial charge in [-0.25, -0.2) is 8.78 Å². The Hall–Kier alpha value is -1.36. The van der Waals surface area contributed by atoms with E-state index in [1.54, 1.807) is 0 Å². The highest BCUT2D eigenvalue weighted by Gasteiger charge is 2.31. The number of hydrogen-bond acceptors (Lipinski definition) is 2. The lowest BCUT2D eigenvalue weighted by Crippen LogP contribution is -2.13. The normalized spacial score (nSPS) is 11.4. The molecule has 0 heterocycles. The molecule has 1 aromatic carbocycles. The maximum Gasteiger partial charge on any atom is 0.303 e. The fourth-order valence-corrected chi connectivity index (χ4v) is 1.92. The van der Waals surface area contributed by atoms with Gasteiger partial charge in [0.25, 0.3) is 5.92 Å². The van der Waals surface area contributed by atoms with E-state index in [4.69, 9.17) is 21.4 Å². The second-order valence-electron chi connectivity index (χ2n) is 4.15. The average molecular weight is 293 g/mol. The van der Waals surface area contributed by atoms with Crippen molar-refractivity contribution in [3.05, 3.63) is 28.8 Å². The zero-order valence-electron chi connectivity index (χ0n) is 10.5. The van der Waals surface area contributed by atoms with Gasteiger partial charge in [-0.2, -0.15) is 0 Å². The summed E-state index contributed by atoms with van der Waals surface area (Å²) < 4.78 is 32.6. The van der Waals surface area contributed by atoms with Gasteiger partial charge < -0.3 is 9.84 Å². The molecule has 0 amide bonds. The van der Waals surface area contributed by atoms with E-state index in [2.05, 4.69) is 0 Å². The highest BCUT2D eigenvalue weighted by molar-refractivity contribution is 6.32. The maximum atomic E-state index is 13.8. The Bertz CT molecular complexity index is 450. The van der Waals surface area contributed by atoms with Crippen LogP contribution in [0.4, 0.5) is 8.78 Å². The molecule has 0 aliphatic rings. The zero-order valence-corrected chi connectivity index (χ0v) is 11.2. The highest BCUT2D eigenvalue weighted by Crippen LogP contribution is 2.37. The molecule has 1 rings (SSSR count). The van der Waals surface area contributed by atoms with Crippen LogP contribution in [0.1, 0.15) is 31.2 Å². The van der Waals surface area contributed by atoms with Gasteiger partial charge >= 0.3 is 5.97 Å². The minimum absolute atomic E-state index is 0.0978. The first-order valence-corrected chi connectivity index (χ1v) is 6.18. The van der Waals surface area contributed by atoms with Gasteiger partial charge in [0.15, 0.2) is 0 Å². The Kier molecular flexibility index (Phi) is 5.54. The number of ether oxygens (including phenoxy) is 1. The van der Waals surface area contributed by atoms with E-state index in [1.807, 2.05) is 0 Å². The van der Waals surface area contributed by atoms with Gasteiger partial charge in [0.2, 0.25) is 0 Å². The maximum absolute atomic E-state index is 13.8. The second kappa shape index (κ2) is 6.70. The minimum atomic E-state index is -3.02. The second-order valence-corrected chi connectivity index (χ2v) is 4.56. The van der Waals surface area contributed by atoms with Crippen LogP contribution < -0.4 is 4.74 Å². The number of rotatable bonds is 7. The van der Waals surface area contributed by atoms with E-state index in [0.717, 1.165) is 0 Å². The molecule has 0 radical (unpaired) electrons. The molecule has 0 bridgehead atoms. The van der Waals surface area contributed by atoms with Crippen LogP contribution >= 0.6 is 11.6 Å². The van der Waals surface area contributed by atoms with Crippen LogP contribution in [0.25, 0.3) is 0 Å². The topological polar surface area (TPSA) is 46.5 Å². The summed E-state index contributed by atoms with van der Waals surface area (Å²) in [5.41, 5.74) is -0.186. The van der Waals surface area contributed by atoms with E-state index in [-0.39, 0.29) is 29.8 Å². The molecule has 0 fully saturated rings. The van der Waals surface area contributed by atoms with Crippen molar-refractivity contribution in [3.8, 4) is 5.75 Å². The number of halogens is 3. The van der Waals surface area contributed by atoms with Crippen molar-refractivity contribution in [1.29, 1.82) is 0 Å². The third-order valence-corrected chi connectivity index (χ3v) is 3.00. The summed E-state index contributed by atoms with van der Waals surface area (Å²) in [6, 6.07) is 3.84. The van der Waals surface area contributed by atoms with E-state index < -0.39 is 18.3 Å². The van der Waals surface area contributed by atoms with Crippen LogP contribution in [-0.2, 0) is 10.7 Å². The highest BCUT2D eigenvalue weighted by atomic mass is 35.5. The van der Waals surface area contributed by atoms with Crippen LogP contribution in [0.5, 0.6) is 5.75 Å². The van der Waals surface area contributed by atoms with Gasteiger partial charge in [-0.05, 0) is 31.0 Å². The van der Waals surface area contributed by atoms with Crippen molar-refractivity contribution in [1.82, 2.24) is 0 Å². The number of hydrogen-bond donors (Lipinski definition) is 1. The van der Waals surface area contributed by atoms with Crippen molar-refractivity contribution >= 4 is 17.6 Å². The van der Waals surface area contributed by atoms with Crippen molar-refractivity contribution in [2.24, 2.45) is 0 Å². The molecular formula is C13H15ClF2O3. The molecule has 0 aromatic heterocycles. The molecule has 0 saturated heterocycles. The molecule has 0 saturated carbocycles. The van der Waals surface area contributed by atoms with Crippen molar-refractivity contribution in [2.75, 3.05) is 7.11 Å². The van der Waals surface area contributed by atoms with Crippen LogP contribution in [0.15, 0.2) is 18.2 Å². The van der Waals surface area contributed by atoms with Gasteiger partial charge in [0.05, 0.1) is 12.1 Å². The third kappa shape index (κ3) is 4.67. The standard InChI is InChI=1S/C13H15ClF2O3/c1-19-11-6-5-9(8-10(11)14)13(15,16)7-3-2-4-12(17)18/h5-6,8H,2-4,7H2,1H3,(H,17,18). The van der Waals surface area contributed by atoms with E-state index in [1.165, 1.54) is 25.3 Å². The molecule has 0 spiro atoms. The number of methoxy groups -OCH3 is 1. The summed E-state index contributed by atoms with van der Waals surface area (Å²) in [5, 5.41) is 8.56. The average Bonchev–Trinajstić information content (AvgIpc) is 2.34. The fourth-order valence-electron chi connectivity index (χ4n) is 1.66. The SMILES string of the molecule is COc1ccc(C(F)(F)CCCCC(=O)O)cc1Cl. The molecule has 6 heteroatoms. The molecule has 0 aliphatic heterocycles. The molecule has 0 unspecified atom stereocenters. The fraction of sp³-hybridized carbons (Fsp3) is 0.462. The number of carbonyl (C=O) groups is 1. The molecule has 1 N–H and O–H groups in total. The Morgan fingerprint density at radius 1 is 1.42 bits per heavy atom. The van der Waals surface area contributed by atoms with Gasteiger partial charge in [-0.1, -0.05) is 11.6 Å². The van der Waals surface area contributed by atoms with Crippen LogP contribution in [0, 0.1) is 0 Å². The van der Waals surface area contributed by atoms with Gasteiger partial charge in [-0.15, -0.1) is 0 Å². The van der Waals surface area contributed by atoms with Crippen molar-refractivity contribution in [3.63, 3.8) is 0 Å². The van der Waals surface area contributed by atoms with Crippen molar-refractivity contribution in [2.45, 2.75) is 31.6 Å². The Morgan fingerprint density at radius 2 is 2.11 bits per heavy atom. The van der Waals surface area contributed by atoms with Crippen LogP contribution in [0.2, 0.25) is 5.02 Å². The number of carboxylic acids is 1. The molecule has 106 valence electrons. The van der Waals surface area contributed by atoms with Crippen molar-refractivity contribution < 1.29 is 23.4 Å². The molecular weight excluding hydrogens is 278 g/mol. The lowest BCUT2D eigenvalue weighted by Gasteiger charge is -2.17. The van der Waals surface area contributed by atoms with E-state index in [0.29, 0.717) is 5.75 Å². The predicted molar refractivity (Wildman–Crippen MR) is 68.0 cm³/mol. The van der Waals surface area contributed by atoms with Crippen LogP contribution in [-0.4, -0.2) is 18.2 Å². The quantitative estimate of drug-likeness (QED) is 0.770. The lowest BCUT2D eigenvalue weighted by molar-refractivity contribution is -0.137. The number of aliphatic carboxylic acids is 1. The van der Waals surface area contributed by atoms with Crippen LogP contribution in [0.3, 0.4) is 0 Å².